The first-order chi connectivity index (χ1) is 8.06. The van der Waals surface area contributed by atoms with Crippen molar-refractivity contribution in [3.8, 4) is 5.75 Å². The zero-order valence-electron chi connectivity index (χ0n) is 9.99. The van der Waals surface area contributed by atoms with E-state index in [1.807, 2.05) is 0 Å². The van der Waals surface area contributed by atoms with Crippen LogP contribution >= 0.6 is 0 Å². The van der Waals surface area contributed by atoms with Crippen LogP contribution in [0.15, 0.2) is 18.2 Å². The summed E-state index contributed by atoms with van der Waals surface area (Å²) in [5, 5.41) is 12.4. The number of rotatable bonds is 3. The summed E-state index contributed by atoms with van der Waals surface area (Å²) in [7, 11) is 0. The Hall–Kier alpha value is -1.55. The summed E-state index contributed by atoms with van der Waals surface area (Å²) in [6, 6.07) is 4.86. The number of hydrogen-bond acceptors (Lipinski definition) is 3. The third kappa shape index (κ3) is 2.26. The number of phenols is 1. The maximum Gasteiger partial charge on any atom is 0.251 e. The van der Waals surface area contributed by atoms with E-state index >= 15 is 0 Å². The highest BCUT2D eigenvalue weighted by Crippen LogP contribution is 2.31. The molecule has 1 aliphatic carbocycles. The van der Waals surface area contributed by atoms with Gasteiger partial charge in [-0.2, -0.15) is 0 Å². The molecule has 0 spiro atoms. The minimum Gasteiger partial charge on any atom is -0.508 e. The highest BCUT2D eigenvalue weighted by molar-refractivity contribution is 5.95. The van der Waals surface area contributed by atoms with E-state index in [-0.39, 0.29) is 17.2 Å². The Morgan fingerprint density at radius 2 is 2.24 bits per heavy atom. The van der Waals surface area contributed by atoms with Crippen molar-refractivity contribution < 1.29 is 9.90 Å². The zero-order valence-corrected chi connectivity index (χ0v) is 9.99. The number of nitrogens with two attached hydrogens (primary N) is 1. The highest BCUT2D eigenvalue weighted by atomic mass is 16.3. The first-order valence-electron chi connectivity index (χ1n) is 5.88. The van der Waals surface area contributed by atoms with Gasteiger partial charge in [0.1, 0.15) is 5.75 Å². The van der Waals surface area contributed by atoms with E-state index in [2.05, 4.69) is 5.32 Å². The molecule has 2 rings (SSSR count). The predicted molar refractivity (Wildman–Crippen MR) is 65.9 cm³/mol. The normalized spacial score (nSPS) is 17.3. The van der Waals surface area contributed by atoms with Gasteiger partial charge in [0.05, 0.1) is 5.54 Å². The van der Waals surface area contributed by atoms with Gasteiger partial charge in [0.2, 0.25) is 0 Å². The van der Waals surface area contributed by atoms with Crippen LogP contribution in [0.2, 0.25) is 0 Å². The molecule has 4 nitrogen and oxygen atoms in total. The second-order valence-electron chi connectivity index (χ2n) is 4.79. The molecule has 0 heterocycles. The monoisotopic (exact) mass is 234 g/mol. The molecule has 0 saturated heterocycles. The third-order valence-electron chi connectivity index (χ3n) is 3.54. The summed E-state index contributed by atoms with van der Waals surface area (Å²) >= 11 is 0. The van der Waals surface area contributed by atoms with E-state index in [0.717, 1.165) is 19.3 Å². The van der Waals surface area contributed by atoms with Crippen molar-refractivity contribution in [2.24, 2.45) is 5.73 Å². The smallest absolute Gasteiger partial charge is 0.251 e. The Kier molecular flexibility index (Phi) is 3.07. The van der Waals surface area contributed by atoms with Crippen molar-refractivity contribution >= 4 is 5.91 Å². The van der Waals surface area contributed by atoms with Gasteiger partial charge in [-0.3, -0.25) is 4.79 Å². The van der Waals surface area contributed by atoms with Crippen LogP contribution in [0.4, 0.5) is 0 Å². The number of nitrogens with one attached hydrogen (secondary N) is 1. The molecule has 0 aliphatic heterocycles. The van der Waals surface area contributed by atoms with Crippen molar-refractivity contribution in [3.05, 3.63) is 29.3 Å². The SMILES string of the molecule is Cc1cc(C(=O)NC2(CN)CCC2)ccc1O. The summed E-state index contributed by atoms with van der Waals surface area (Å²) in [6.45, 7) is 2.25. The number of carbonyl (C=O) groups excluding carboxylic acids is 1. The minimum absolute atomic E-state index is 0.113. The van der Waals surface area contributed by atoms with Crippen molar-refractivity contribution in [3.63, 3.8) is 0 Å². The number of aromatic hydroxyl groups is 1. The lowest BCUT2D eigenvalue weighted by molar-refractivity contribution is 0.0837. The van der Waals surface area contributed by atoms with Crippen molar-refractivity contribution in [2.75, 3.05) is 6.54 Å². The highest BCUT2D eigenvalue weighted by Gasteiger charge is 2.37. The average Bonchev–Trinajstić information content (AvgIpc) is 2.27. The maximum atomic E-state index is 12.0. The quantitative estimate of drug-likeness (QED) is 0.738. The first kappa shape index (κ1) is 11.9. The molecular formula is C13H18N2O2. The number of benzene rings is 1. The van der Waals surface area contributed by atoms with E-state index in [0.29, 0.717) is 17.7 Å². The van der Waals surface area contributed by atoms with Gasteiger partial charge in [-0.05, 0) is 49.9 Å². The van der Waals surface area contributed by atoms with E-state index < -0.39 is 0 Å². The van der Waals surface area contributed by atoms with E-state index in [1.54, 1.807) is 25.1 Å². The Bertz CT molecular complexity index is 434. The van der Waals surface area contributed by atoms with Crippen molar-refractivity contribution in [2.45, 2.75) is 31.7 Å². The Labute approximate surface area is 101 Å². The van der Waals surface area contributed by atoms with E-state index in [9.17, 15) is 9.90 Å². The Morgan fingerprint density at radius 3 is 2.71 bits per heavy atom. The lowest BCUT2D eigenvalue weighted by atomic mass is 9.76. The van der Waals surface area contributed by atoms with Gasteiger partial charge in [-0.25, -0.2) is 0 Å². The van der Waals surface area contributed by atoms with Crippen LogP contribution in [0.3, 0.4) is 0 Å². The molecule has 1 fully saturated rings. The first-order valence-corrected chi connectivity index (χ1v) is 5.88. The van der Waals surface area contributed by atoms with Crippen LogP contribution in [0.5, 0.6) is 5.75 Å². The summed E-state index contributed by atoms with van der Waals surface area (Å²) in [5.41, 5.74) is 6.76. The predicted octanol–water partition coefficient (Wildman–Crippen LogP) is 1.31. The van der Waals surface area contributed by atoms with Crippen LogP contribution in [-0.2, 0) is 0 Å². The van der Waals surface area contributed by atoms with Gasteiger partial charge in [0.25, 0.3) is 5.91 Å². The number of hydrogen-bond donors (Lipinski definition) is 3. The molecule has 4 heteroatoms. The minimum atomic E-state index is -0.205. The molecule has 92 valence electrons. The van der Waals surface area contributed by atoms with E-state index in [4.69, 9.17) is 5.73 Å². The summed E-state index contributed by atoms with van der Waals surface area (Å²) in [4.78, 5) is 12.0. The molecular weight excluding hydrogens is 216 g/mol. The fourth-order valence-electron chi connectivity index (χ4n) is 2.09. The standard InChI is InChI=1S/C13H18N2O2/c1-9-7-10(3-4-11(9)16)12(17)15-13(8-14)5-2-6-13/h3-4,7,16H,2,5-6,8,14H2,1H3,(H,15,17). The van der Waals surface area contributed by atoms with Crippen LogP contribution in [0, 0.1) is 6.92 Å². The molecule has 0 aromatic heterocycles. The number of carbonyl (C=O) groups is 1. The summed E-state index contributed by atoms with van der Waals surface area (Å²) < 4.78 is 0. The zero-order chi connectivity index (χ0) is 12.5. The van der Waals surface area contributed by atoms with Crippen molar-refractivity contribution in [1.82, 2.24) is 5.32 Å². The molecule has 4 N–H and O–H groups in total. The van der Waals surface area contributed by atoms with Gasteiger partial charge in [-0.1, -0.05) is 0 Å². The van der Waals surface area contributed by atoms with Crippen LogP contribution < -0.4 is 11.1 Å². The second-order valence-corrected chi connectivity index (χ2v) is 4.79. The molecule has 0 radical (unpaired) electrons. The van der Waals surface area contributed by atoms with E-state index in [1.165, 1.54) is 0 Å². The molecule has 0 bridgehead atoms. The largest absolute Gasteiger partial charge is 0.508 e. The molecule has 1 saturated carbocycles. The molecule has 1 aromatic carbocycles. The van der Waals surface area contributed by atoms with Crippen LogP contribution in [0.25, 0.3) is 0 Å². The lowest BCUT2D eigenvalue weighted by Crippen LogP contribution is -2.58. The topological polar surface area (TPSA) is 75.4 Å². The molecule has 0 unspecified atom stereocenters. The van der Waals surface area contributed by atoms with Gasteiger partial charge in [0.15, 0.2) is 0 Å². The van der Waals surface area contributed by atoms with Crippen molar-refractivity contribution in [1.29, 1.82) is 0 Å². The van der Waals surface area contributed by atoms with Gasteiger partial charge < -0.3 is 16.2 Å². The fraction of sp³-hybridized carbons (Fsp3) is 0.462. The molecule has 0 atom stereocenters. The average molecular weight is 234 g/mol. The molecule has 1 amide bonds. The summed E-state index contributed by atoms with van der Waals surface area (Å²) in [5.74, 6) is 0.0944. The van der Waals surface area contributed by atoms with Gasteiger partial charge in [-0.15, -0.1) is 0 Å². The maximum absolute atomic E-state index is 12.0. The second kappa shape index (κ2) is 4.37. The lowest BCUT2D eigenvalue weighted by Gasteiger charge is -2.41. The number of phenolic OH excluding ortho intramolecular Hbond substituents is 1. The van der Waals surface area contributed by atoms with Crippen LogP contribution in [0.1, 0.15) is 35.2 Å². The molecule has 1 aliphatic rings. The third-order valence-corrected chi connectivity index (χ3v) is 3.54. The molecule has 17 heavy (non-hydrogen) atoms. The fourth-order valence-corrected chi connectivity index (χ4v) is 2.09. The summed E-state index contributed by atoms with van der Waals surface area (Å²) in [6.07, 6.45) is 3.02. The Balaban J connectivity index is 2.11. The van der Waals surface area contributed by atoms with Gasteiger partial charge >= 0.3 is 0 Å². The Morgan fingerprint density at radius 1 is 1.53 bits per heavy atom. The number of aryl methyl sites for hydroxylation is 1. The molecule has 1 aromatic rings. The number of amides is 1. The van der Waals surface area contributed by atoms with Gasteiger partial charge in [0, 0.05) is 12.1 Å². The van der Waals surface area contributed by atoms with Crippen LogP contribution in [-0.4, -0.2) is 23.1 Å².